The van der Waals surface area contributed by atoms with Gasteiger partial charge in [0.1, 0.15) is 11.8 Å². The van der Waals surface area contributed by atoms with Crippen LogP contribution in [-0.4, -0.2) is 25.1 Å². The Bertz CT molecular complexity index is 420. The van der Waals surface area contributed by atoms with Crippen molar-refractivity contribution < 1.29 is 14.3 Å². The van der Waals surface area contributed by atoms with E-state index in [1.807, 2.05) is 5.32 Å². The van der Waals surface area contributed by atoms with Gasteiger partial charge in [0.15, 0.2) is 0 Å². The zero-order chi connectivity index (χ0) is 12.8. The van der Waals surface area contributed by atoms with E-state index < -0.39 is 18.0 Å². The molecule has 6 heteroatoms. The predicted octanol–water partition coefficient (Wildman–Crippen LogP) is 0.690. The highest BCUT2D eigenvalue weighted by Gasteiger charge is 2.13. The van der Waals surface area contributed by atoms with Crippen molar-refractivity contribution in [3.63, 3.8) is 0 Å². The molecular weight excluding hydrogens is 222 g/mol. The van der Waals surface area contributed by atoms with Crippen LogP contribution in [0, 0.1) is 0 Å². The number of urea groups is 1. The summed E-state index contributed by atoms with van der Waals surface area (Å²) in [5.74, 6) is 0.192. The molecule has 0 saturated heterocycles. The number of amides is 3. The maximum Gasteiger partial charge on any atom is 0.318 e. The van der Waals surface area contributed by atoms with E-state index in [0.29, 0.717) is 5.75 Å². The van der Waals surface area contributed by atoms with Gasteiger partial charge in [-0.15, -0.1) is 0 Å². The van der Waals surface area contributed by atoms with Crippen LogP contribution < -0.4 is 21.1 Å². The fraction of sp³-hybridized carbons (Fsp3) is 0.273. The highest BCUT2D eigenvalue weighted by Crippen LogP contribution is 2.17. The van der Waals surface area contributed by atoms with Crippen molar-refractivity contribution in [2.45, 2.75) is 13.0 Å². The minimum atomic E-state index is -0.866. The summed E-state index contributed by atoms with van der Waals surface area (Å²) in [6.45, 7) is 1.62. The Morgan fingerprint density at radius 2 is 2.12 bits per heavy atom. The number of nitrogens with one attached hydrogen (secondary N) is 2. The molecular formula is C11H15N3O3. The molecule has 0 fully saturated rings. The van der Waals surface area contributed by atoms with Crippen LogP contribution in [0.15, 0.2) is 24.3 Å². The largest absolute Gasteiger partial charge is 0.497 e. The van der Waals surface area contributed by atoms with E-state index in [1.165, 1.54) is 0 Å². The summed E-state index contributed by atoms with van der Waals surface area (Å²) in [4.78, 5) is 21.9. The Morgan fingerprint density at radius 1 is 1.41 bits per heavy atom. The molecule has 0 aliphatic carbocycles. The summed E-state index contributed by atoms with van der Waals surface area (Å²) in [5, 5.41) is 4.92. The van der Waals surface area contributed by atoms with Gasteiger partial charge >= 0.3 is 6.03 Å². The molecule has 0 aliphatic heterocycles. The lowest BCUT2D eigenvalue weighted by Gasteiger charge is -2.14. The number of ether oxygens (including phenoxy) is 1. The van der Waals surface area contributed by atoms with E-state index in [0.717, 1.165) is 5.69 Å². The monoisotopic (exact) mass is 237 g/mol. The first kappa shape index (κ1) is 12.8. The molecule has 6 nitrogen and oxygen atoms in total. The molecule has 3 amide bonds. The first-order chi connectivity index (χ1) is 8.02. The van der Waals surface area contributed by atoms with Crippen LogP contribution in [0.4, 0.5) is 10.5 Å². The Labute approximate surface area is 99.1 Å². The SMILES string of the molecule is COc1cccc(NC(C)C(=O)NC(N)=O)c1. The molecule has 92 valence electrons. The third-order valence-electron chi connectivity index (χ3n) is 2.09. The Morgan fingerprint density at radius 3 is 2.71 bits per heavy atom. The maximum absolute atomic E-state index is 11.4. The van der Waals surface area contributed by atoms with Gasteiger partial charge in [0.05, 0.1) is 7.11 Å². The lowest BCUT2D eigenvalue weighted by atomic mass is 10.2. The van der Waals surface area contributed by atoms with Crippen molar-refractivity contribution in [3.8, 4) is 5.75 Å². The average Bonchev–Trinajstić information content (AvgIpc) is 2.28. The van der Waals surface area contributed by atoms with Gasteiger partial charge in [-0.2, -0.15) is 0 Å². The van der Waals surface area contributed by atoms with Crippen LogP contribution in [0.1, 0.15) is 6.92 Å². The van der Waals surface area contributed by atoms with Gasteiger partial charge in [0, 0.05) is 11.8 Å². The molecule has 17 heavy (non-hydrogen) atoms. The quantitative estimate of drug-likeness (QED) is 0.718. The highest BCUT2D eigenvalue weighted by molar-refractivity contribution is 5.97. The van der Waals surface area contributed by atoms with Crippen molar-refractivity contribution in [2.75, 3.05) is 12.4 Å². The molecule has 1 unspecified atom stereocenters. The first-order valence-electron chi connectivity index (χ1n) is 5.04. The van der Waals surface area contributed by atoms with Gasteiger partial charge in [-0.25, -0.2) is 4.79 Å². The van der Waals surface area contributed by atoms with Gasteiger partial charge in [0.2, 0.25) is 5.91 Å². The van der Waals surface area contributed by atoms with E-state index in [2.05, 4.69) is 5.32 Å². The Balaban J connectivity index is 2.63. The van der Waals surface area contributed by atoms with Crippen molar-refractivity contribution in [1.82, 2.24) is 5.32 Å². The number of rotatable bonds is 4. The number of hydrogen-bond acceptors (Lipinski definition) is 4. The summed E-state index contributed by atoms with van der Waals surface area (Å²) in [7, 11) is 1.56. The standard InChI is InChI=1S/C11H15N3O3/c1-7(10(15)14-11(12)16)13-8-4-3-5-9(6-8)17-2/h3-7,13H,1-2H3,(H3,12,14,15,16). The number of nitrogens with two attached hydrogens (primary N) is 1. The second-order valence-electron chi connectivity index (χ2n) is 3.45. The van der Waals surface area contributed by atoms with Crippen LogP contribution in [0.3, 0.4) is 0 Å². The number of anilines is 1. The predicted molar refractivity (Wildman–Crippen MR) is 63.8 cm³/mol. The van der Waals surface area contributed by atoms with E-state index in [4.69, 9.17) is 10.5 Å². The highest BCUT2D eigenvalue weighted by atomic mass is 16.5. The molecule has 1 aromatic rings. The molecule has 0 saturated carbocycles. The molecule has 1 rings (SSSR count). The number of imide groups is 1. The third kappa shape index (κ3) is 4.02. The number of benzene rings is 1. The van der Waals surface area contributed by atoms with Gasteiger partial charge in [-0.05, 0) is 19.1 Å². The lowest BCUT2D eigenvalue weighted by Crippen LogP contribution is -2.43. The summed E-state index contributed by atoms with van der Waals surface area (Å²) in [6.07, 6.45) is 0. The lowest BCUT2D eigenvalue weighted by molar-refractivity contribution is -0.120. The molecule has 0 spiro atoms. The molecule has 0 radical (unpaired) electrons. The number of hydrogen-bond donors (Lipinski definition) is 3. The van der Waals surface area contributed by atoms with Gasteiger partial charge in [-0.1, -0.05) is 6.07 Å². The van der Waals surface area contributed by atoms with Crippen LogP contribution in [-0.2, 0) is 4.79 Å². The second kappa shape index (κ2) is 5.74. The third-order valence-corrected chi connectivity index (χ3v) is 2.09. The molecule has 0 aromatic heterocycles. The molecule has 1 atom stereocenters. The zero-order valence-corrected chi connectivity index (χ0v) is 9.69. The van der Waals surface area contributed by atoms with Gasteiger partial charge in [0.25, 0.3) is 0 Å². The van der Waals surface area contributed by atoms with Crippen molar-refractivity contribution in [1.29, 1.82) is 0 Å². The van der Waals surface area contributed by atoms with Crippen LogP contribution >= 0.6 is 0 Å². The number of carbonyl (C=O) groups is 2. The summed E-state index contributed by atoms with van der Waals surface area (Å²) in [6, 6.07) is 5.67. The Hall–Kier alpha value is -2.24. The molecule has 1 aromatic carbocycles. The van der Waals surface area contributed by atoms with Crippen LogP contribution in [0.25, 0.3) is 0 Å². The normalized spacial score (nSPS) is 11.4. The van der Waals surface area contributed by atoms with Crippen molar-refractivity contribution in [3.05, 3.63) is 24.3 Å². The fourth-order valence-electron chi connectivity index (χ4n) is 1.26. The molecule has 0 heterocycles. The van der Waals surface area contributed by atoms with E-state index >= 15 is 0 Å². The second-order valence-corrected chi connectivity index (χ2v) is 3.45. The number of primary amides is 1. The van der Waals surface area contributed by atoms with Crippen molar-refractivity contribution >= 4 is 17.6 Å². The minimum Gasteiger partial charge on any atom is -0.497 e. The fourth-order valence-corrected chi connectivity index (χ4v) is 1.26. The topological polar surface area (TPSA) is 93.4 Å². The molecule has 4 N–H and O–H groups in total. The average molecular weight is 237 g/mol. The molecule has 0 aliphatic rings. The molecule has 0 bridgehead atoms. The summed E-state index contributed by atoms with van der Waals surface area (Å²) >= 11 is 0. The van der Waals surface area contributed by atoms with Crippen LogP contribution in [0.5, 0.6) is 5.75 Å². The minimum absolute atomic E-state index is 0.486. The van der Waals surface area contributed by atoms with Crippen LogP contribution in [0.2, 0.25) is 0 Å². The smallest absolute Gasteiger partial charge is 0.318 e. The van der Waals surface area contributed by atoms with Gasteiger partial charge in [-0.3, -0.25) is 10.1 Å². The summed E-state index contributed by atoms with van der Waals surface area (Å²) < 4.78 is 5.05. The Kier molecular flexibility index (Phi) is 4.33. The first-order valence-corrected chi connectivity index (χ1v) is 5.04. The zero-order valence-electron chi connectivity index (χ0n) is 9.69. The van der Waals surface area contributed by atoms with E-state index in [1.54, 1.807) is 38.3 Å². The van der Waals surface area contributed by atoms with Crippen molar-refractivity contribution in [2.24, 2.45) is 5.73 Å². The van der Waals surface area contributed by atoms with E-state index in [-0.39, 0.29) is 0 Å². The maximum atomic E-state index is 11.4. The number of carbonyl (C=O) groups excluding carboxylic acids is 2. The summed E-state index contributed by atoms with van der Waals surface area (Å²) in [5.41, 5.74) is 5.57. The van der Waals surface area contributed by atoms with E-state index in [9.17, 15) is 9.59 Å². The number of methoxy groups -OCH3 is 1. The van der Waals surface area contributed by atoms with Gasteiger partial charge < -0.3 is 15.8 Å².